The second-order valence-corrected chi connectivity index (χ2v) is 9.81. The van der Waals surface area contributed by atoms with Crippen LogP contribution in [-0.4, -0.2) is 73.0 Å². The van der Waals surface area contributed by atoms with Crippen LogP contribution in [0, 0.1) is 6.92 Å². The van der Waals surface area contributed by atoms with Gasteiger partial charge in [0.25, 0.3) is 11.8 Å². The molecule has 2 amide bonds. The molecule has 1 saturated heterocycles. The predicted octanol–water partition coefficient (Wildman–Crippen LogP) is 0.737. The SMILES string of the molecule is Cc1ccc(S(=O)(=O)NC(C)(C)C)cc1C(=O)N1CCN(C(=O)[C@@H](C)O)CC1. The van der Waals surface area contributed by atoms with Crippen molar-refractivity contribution in [2.24, 2.45) is 0 Å². The number of hydrogen-bond acceptors (Lipinski definition) is 5. The molecule has 1 heterocycles. The summed E-state index contributed by atoms with van der Waals surface area (Å²) < 4.78 is 27.8. The van der Waals surface area contributed by atoms with Crippen molar-refractivity contribution in [3.8, 4) is 0 Å². The van der Waals surface area contributed by atoms with Crippen molar-refractivity contribution in [2.75, 3.05) is 26.2 Å². The van der Waals surface area contributed by atoms with Crippen LogP contribution >= 0.6 is 0 Å². The fourth-order valence-electron chi connectivity index (χ4n) is 3.03. The first-order chi connectivity index (χ1) is 12.8. The Labute approximate surface area is 166 Å². The summed E-state index contributed by atoms with van der Waals surface area (Å²) in [6, 6.07) is 4.51. The molecular formula is C19H29N3O5S. The molecule has 1 fully saturated rings. The molecule has 1 aromatic carbocycles. The summed E-state index contributed by atoms with van der Waals surface area (Å²) in [5.74, 6) is -0.626. The first kappa shape index (κ1) is 22.3. The maximum absolute atomic E-state index is 13.0. The quantitative estimate of drug-likeness (QED) is 0.760. The van der Waals surface area contributed by atoms with Crippen LogP contribution in [0.1, 0.15) is 43.6 Å². The van der Waals surface area contributed by atoms with Gasteiger partial charge in [0.1, 0.15) is 6.10 Å². The zero-order valence-corrected chi connectivity index (χ0v) is 17.8. The third-order valence-electron chi connectivity index (χ3n) is 4.43. The highest BCUT2D eigenvalue weighted by atomic mass is 32.2. The molecule has 0 spiro atoms. The minimum Gasteiger partial charge on any atom is -0.384 e. The summed E-state index contributed by atoms with van der Waals surface area (Å²) in [6.07, 6.45) is -1.07. The highest BCUT2D eigenvalue weighted by Crippen LogP contribution is 2.20. The number of amides is 2. The normalized spacial score (nSPS) is 16.8. The Bertz CT molecular complexity index is 851. The van der Waals surface area contributed by atoms with Gasteiger partial charge in [-0.15, -0.1) is 0 Å². The molecule has 0 radical (unpaired) electrons. The van der Waals surface area contributed by atoms with E-state index >= 15 is 0 Å². The summed E-state index contributed by atoms with van der Waals surface area (Å²) in [7, 11) is -3.75. The van der Waals surface area contributed by atoms with Crippen LogP contribution in [0.15, 0.2) is 23.1 Å². The van der Waals surface area contributed by atoms with E-state index in [2.05, 4.69) is 4.72 Å². The molecule has 1 aliphatic rings. The molecule has 28 heavy (non-hydrogen) atoms. The molecule has 2 rings (SSSR count). The number of aliphatic hydroxyl groups excluding tert-OH is 1. The number of aliphatic hydroxyl groups is 1. The summed E-state index contributed by atoms with van der Waals surface area (Å²) in [5, 5.41) is 9.42. The number of piperazine rings is 1. The molecule has 0 aliphatic carbocycles. The van der Waals surface area contributed by atoms with Crippen molar-refractivity contribution in [2.45, 2.75) is 51.2 Å². The Morgan fingerprint density at radius 2 is 1.64 bits per heavy atom. The lowest BCUT2D eigenvalue weighted by atomic mass is 10.1. The van der Waals surface area contributed by atoms with Crippen molar-refractivity contribution >= 4 is 21.8 Å². The van der Waals surface area contributed by atoms with Crippen molar-refractivity contribution in [1.82, 2.24) is 14.5 Å². The number of rotatable bonds is 4. The third kappa shape index (κ3) is 5.30. The van der Waals surface area contributed by atoms with Crippen LogP contribution in [-0.2, 0) is 14.8 Å². The van der Waals surface area contributed by atoms with Gasteiger partial charge in [-0.25, -0.2) is 13.1 Å². The smallest absolute Gasteiger partial charge is 0.254 e. The number of nitrogens with zero attached hydrogens (tertiary/aromatic N) is 2. The number of aryl methyl sites for hydroxylation is 1. The van der Waals surface area contributed by atoms with Crippen LogP contribution in [0.2, 0.25) is 0 Å². The molecule has 0 unspecified atom stereocenters. The Hall–Kier alpha value is -1.97. The average molecular weight is 412 g/mol. The number of sulfonamides is 1. The highest BCUT2D eigenvalue weighted by molar-refractivity contribution is 7.89. The van der Waals surface area contributed by atoms with E-state index < -0.39 is 21.7 Å². The zero-order valence-electron chi connectivity index (χ0n) is 17.0. The molecular weight excluding hydrogens is 382 g/mol. The fourth-order valence-corrected chi connectivity index (χ4v) is 4.47. The molecule has 156 valence electrons. The maximum Gasteiger partial charge on any atom is 0.254 e. The van der Waals surface area contributed by atoms with Gasteiger partial charge in [0.05, 0.1) is 4.90 Å². The second kappa shape index (κ2) is 8.18. The van der Waals surface area contributed by atoms with Gasteiger partial charge in [0, 0.05) is 37.3 Å². The van der Waals surface area contributed by atoms with Crippen LogP contribution in [0.5, 0.6) is 0 Å². The maximum atomic E-state index is 13.0. The van der Waals surface area contributed by atoms with Crippen LogP contribution in [0.4, 0.5) is 0 Å². The van der Waals surface area contributed by atoms with E-state index in [-0.39, 0.29) is 16.7 Å². The van der Waals surface area contributed by atoms with E-state index in [0.29, 0.717) is 37.3 Å². The van der Waals surface area contributed by atoms with E-state index in [1.165, 1.54) is 24.0 Å². The summed E-state index contributed by atoms with van der Waals surface area (Å²) in [6.45, 7) is 9.74. The molecule has 8 nitrogen and oxygen atoms in total. The van der Waals surface area contributed by atoms with E-state index in [4.69, 9.17) is 0 Å². The standard InChI is InChI=1S/C19H29N3O5S/c1-13-6-7-15(28(26,27)20-19(3,4)5)12-16(13)18(25)22-10-8-21(9-11-22)17(24)14(2)23/h6-7,12,14,20,23H,8-11H2,1-5H3/t14-/m1/s1. The van der Waals surface area contributed by atoms with E-state index in [1.54, 1.807) is 38.7 Å². The van der Waals surface area contributed by atoms with Crippen molar-refractivity contribution in [3.63, 3.8) is 0 Å². The minimum atomic E-state index is -3.75. The summed E-state index contributed by atoms with van der Waals surface area (Å²) >= 11 is 0. The lowest BCUT2D eigenvalue weighted by Crippen LogP contribution is -2.52. The summed E-state index contributed by atoms with van der Waals surface area (Å²) in [4.78, 5) is 28.0. The van der Waals surface area contributed by atoms with Crippen LogP contribution in [0.25, 0.3) is 0 Å². The van der Waals surface area contributed by atoms with Gasteiger partial charge in [-0.2, -0.15) is 0 Å². The molecule has 1 atom stereocenters. The zero-order chi connectivity index (χ0) is 21.3. The first-order valence-corrected chi connectivity index (χ1v) is 10.7. The molecule has 0 aromatic heterocycles. The average Bonchev–Trinajstić information content (AvgIpc) is 2.58. The Kier molecular flexibility index (Phi) is 6.52. The Morgan fingerprint density at radius 1 is 1.11 bits per heavy atom. The number of benzene rings is 1. The highest BCUT2D eigenvalue weighted by Gasteiger charge is 2.28. The number of hydrogen-bond donors (Lipinski definition) is 2. The lowest BCUT2D eigenvalue weighted by molar-refractivity contribution is -0.140. The number of carbonyl (C=O) groups excluding carboxylic acids is 2. The van der Waals surface area contributed by atoms with Gasteiger partial charge in [0.2, 0.25) is 10.0 Å². The fraction of sp³-hybridized carbons (Fsp3) is 0.579. The monoisotopic (exact) mass is 411 g/mol. The van der Waals surface area contributed by atoms with Crippen molar-refractivity contribution in [3.05, 3.63) is 29.3 Å². The molecule has 9 heteroatoms. The van der Waals surface area contributed by atoms with E-state index in [0.717, 1.165) is 0 Å². The number of carbonyl (C=O) groups is 2. The van der Waals surface area contributed by atoms with Gasteiger partial charge in [-0.05, 0) is 52.3 Å². The van der Waals surface area contributed by atoms with Gasteiger partial charge in [-0.1, -0.05) is 6.07 Å². The summed E-state index contributed by atoms with van der Waals surface area (Å²) in [5.41, 5.74) is 0.370. The van der Waals surface area contributed by atoms with Crippen LogP contribution < -0.4 is 4.72 Å². The predicted molar refractivity (Wildman–Crippen MR) is 105 cm³/mol. The van der Waals surface area contributed by atoms with Crippen molar-refractivity contribution < 1.29 is 23.1 Å². The molecule has 0 bridgehead atoms. The van der Waals surface area contributed by atoms with E-state index in [9.17, 15) is 23.1 Å². The molecule has 0 saturated carbocycles. The molecule has 1 aromatic rings. The van der Waals surface area contributed by atoms with Crippen LogP contribution in [0.3, 0.4) is 0 Å². The van der Waals surface area contributed by atoms with Gasteiger partial charge < -0.3 is 14.9 Å². The second-order valence-electron chi connectivity index (χ2n) is 8.13. The van der Waals surface area contributed by atoms with Gasteiger partial charge >= 0.3 is 0 Å². The van der Waals surface area contributed by atoms with Gasteiger partial charge in [0.15, 0.2) is 0 Å². The largest absolute Gasteiger partial charge is 0.384 e. The van der Waals surface area contributed by atoms with Crippen molar-refractivity contribution in [1.29, 1.82) is 0 Å². The minimum absolute atomic E-state index is 0.0410. The topological polar surface area (TPSA) is 107 Å². The van der Waals surface area contributed by atoms with Gasteiger partial charge in [-0.3, -0.25) is 9.59 Å². The molecule has 2 N–H and O–H groups in total. The Morgan fingerprint density at radius 3 is 2.14 bits per heavy atom. The van der Waals surface area contributed by atoms with E-state index in [1.807, 2.05) is 0 Å². The Balaban J connectivity index is 2.20. The number of nitrogens with one attached hydrogen (secondary N) is 1. The molecule has 1 aliphatic heterocycles. The lowest BCUT2D eigenvalue weighted by Gasteiger charge is -2.35. The third-order valence-corrected chi connectivity index (χ3v) is 6.18. The first-order valence-electron chi connectivity index (χ1n) is 9.22.